The zero-order valence-corrected chi connectivity index (χ0v) is 14.9. The Bertz CT molecular complexity index is 554. The van der Waals surface area contributed by atoms with Crippen molar-refractivity contribution in [2.24, 2.45) is 10.8 Å². The van der Waals surface area contributed by atoms with Crippen LogP contribution in [0.5, 0.6) is 5.75 Å². The van der Waals surface area contributed by atoms with Crippen molar-refractivity contribution in [3.05, 3.63) is 22.7 Å². The lowest BCUT2D eigenvalue weighted by atomic mass is 9.95. The molecule has 4 nitrogen and oxygen atoms in total. The van der Waals surface area contributed by atoms with Crippen molar-refractivity contribution in [3.63, 3.8) is 0 Å². The smallest absolute Gasteiger partial charge is 0.316 e. The number of anilines is 1. The molecule has 1 amide bonds. The van der Waals surface area contributed by atoms with Gasteiger partial charge in [-0.1, -0.05) is 36.7 Å². The van der Waals surface area contributed by atoms with Crippen LogP contribution < -0.4 is 10.1 Å². The Morgan fingerprint density at radius 2 is 1.62 bits per heavy atom. The minimum absolute atomic E-state index is 0.145. The van der Waals surface area contributed by atoms with Crippen LogP contribution in [-0.4, -0.2) is 11.9 Å². The average molecular weight is 356 g/mol. The van der Waals surface area contributed by atoms with Gasteiger partial charge in [-0.15, -0.1) is 0 Å². The summed E-state index contributed by atoms with van der Waals surface area (Å²) in [4.78, 5) is 24.1. The molecule has 1 aromatic carbocycles. The van der Waals surface area contributed by atoms with Crippen LogP contribution >= 0.6 is 15.9 Å². The van der Waals surface area contributed by atoms with Gasteiger partial charge in [0, 0.05) is 9.89 Å². The molecule has 116 valence electrons. The number of hydrogen-bond acceptors (Lipinski definition) is 3. The van der Waals surface area contributed by atoms with Gasteiger partial charge in [-0.25, -0.2) is 0 Å². The first-order valence-corrected chi connectivity index (χ1v) is 7.54. The normalized spacial score (nSPS) is 12.0. The molecule has 1 N–H and O–H groups in total. The molecule has 1 aromatic rings. The maximum atomic E-state index is 12.1. The number of hydrogen-bond donors (Lipinski definition) is 1. The molecule has 1 rings (SSSR count). The summed E-state index contributed by atoms with van der Waals surface area (Å²) < 4.78 is 6.20. The van der Waals surface area contributed by atoms with Gasteiger partial charge in [0.1, 0.15) is 0 Å². The molecular formula is C16H22BrNO3. The van der Waals surface area contributed by atoms with Crippen molar-refractivity contribution in [2.75, 3.05) is 5.32 Å². The highest BCUT2D eigenvalue weighted by atomic mass is 79.9. The second kappa shape index (κ2) is 6.18. The van der Waals surface area contributed by atoms with Gasteiger partial charge < -0.3 is 10.1 Å². The van der Waals surface area contributed by atoms with E-state index in [0.29, 0.717) is 11.4 Å². The molecule has 0 fully saturated rings. The van der Waals surface area contributed by atoms with Gasteiger partial charge in [0.15, 0.2) is 5.75 Å². The van der Waals surface area contributed by atoms with Crippen LogP contribution in [0.2, 0.25) is 0 Å². The Labute approximate surface area is 134 Å². The molecule has 5 heteroatoms. The predicted octanol–water partition coefficient (Wildman–Crippen LogP) is 4.39. The standard InChI is InChI=1S/C16H22BrNO3/c1-15(2,3)13(19)18-11-9-10(17)7-8-12(11)21-14(20)16(4,5)6/h7-9H,1-6H3,(H,18,19). The Morgan fingerprint density at radius 1 is 1.05 bits per heavy atom. The summed E-state index contributed by atoms with van der Waals surface area (Å²) in [6, 6.07) is 5.14. The van der Waals surface area contributed by atoms with E-state index in [1.807, 2.05) is 20.8 Å². The van der Waals surface area contributed by atoms with E-state index in [2.05, 4.69) is 21.2 Å². The number of esters is 1. The zero-order valence-electron chi connectivity index (χ0n) is 13.3. The second-order valence-electron chi connectivity index (χ2n) is 6.98. The monoisotopic (exact) mass is 355 g/mol. The van der Waals surface area contributed by atoms with Crippen LogP contribution in [-0.2, 0) is 9.59 Å². The minimum atomic E-state index is -0.613. The molecule has 0 aliphatic rings. The summed E-state index contributed by atoms with van der Waals surface area (Å²) in [5, 5.41) is 2.80. The largest absolute Gasteiger partial charge is 0.424 e. The highest BCUT2D eigenvalue weighted by Gasteiger charge is 2.26. The number of carbonyl (C=O) groups excluding carboxylic acids is 2. The van der Waals surface area contributed by atoms with Crippen LogP contribution in [0.1, 0.15) is 41.5 Å². The molecule has 0 atom stereocenters. The molecule has 0 aromatic heterocycles. The first-order valence-electron chi connectivity index (χ1n) is 6.74. The van der Waals surface area contributed by atoms with Gasteiger partial charge in [-0.3, -0.25) is 9.59 Å². The third-order valence-electron chi connectivity index (χ3n) is 2.69. The Morgan fingerprint density at radius 3 is 2.10 bits per heavy atom. The van der Waals surface area contributed by atoms with Crippen LogP contribution in [0.25, 0.3) is 0 Å². The van der Waals surface area contributed by atoms with Gasteiger partial charge in [0.25, 0.3) is 0 Å². The van der Waals surface area contributed by atoms with Crippen LogP contribution in [0.3, 0.4) is 0 Å². The highest BCUT2D eigenvalue weighted by Crippen LogP contribution is 2.31. The molecule has 0 aliphatic carbocycles. The molecule has 0 bridgehead atoms. The number of nitrogens with one attached hydrogen (secondary N) is 1. The Kier molecular flexibility index (Phi) is 5.20. The number of carbonyl (C=O) groups is 2. The quantitative estimate of drug-likeness (QED) is 0.632. The van der Waals surface area contributed by atoms with Gasteiger partial charge in [-0.2, -0.15) is 0 Å². The number of halogens is 1. The third-order valence-corrected chi connectivity index (χ3v) is 3.18. The van der Waals surface area contributed by atoms with E-state index in [1.54, 1.807) is 39.0 Å². The van der Waals surface area contributed by atoms with Gasteiger partial charge in [0.05, 0.1) is 11.1 Å². The van der Waals surface area contributed by atoms with E-state index in [0.717, 1.165) is 4.47 Å². The summed E-state index contributed by atoms with van der Waals surface area (Å²) in [6.45, 7) is 10.8. The lowest BCUT2D eigenvalue weighted by Gasteiger charge is -2.21. The maximum absolute atomic E-state index is 12.1. The lowest BCUT2D eigenvalue weighted by Crippen LogP contribution is -2.29. The van der Waals surface area contributed by atoms with E-state index in [-0.39, 0.29) is 11.9 Å². The fourth-order valence-corrected chi connectivity index (χ4v) is 1.61. The van der Waals surface area contributed by atoms with E-state index in [1.165, 1.54) is 0 Å². The molecule has 21 heavy (non-hydrogen) atoms. The fraction of sp³-hybridized carbons (Fsp3) is 0.500. The first-order chi connectivity index (χ1) is 9.41. The third kappa shape index (κ3) is 5.16. The molecule has 0 radical (unpaired) electrons. The van der Waals surface area contributed by atoms with E-state index in [9.17, 15) is 9.59 Å². The van der Waals surface area contributed by atoms with Gasteiger partial charge in [0.2, 0.25) is 5.91 Å². The maximum Gasteiger partial charge on any atom is 0.316 e. The van der Waals surface area contributed by atoms with Gasteiger partial charge in [-0.05, 0) is 39.0 Å². The number of ether oxygens (including phenoxy) is 1. The van der Waals surface area contributed by atoms with E-state index in [4.69, 9.17) is 4.74 Å². The van der Waals surface area contributed by atoms with Crippen LogP contribution in [0.4, 0.5) is 5.69 Å². The molecular weight excluding hydrogens is 334 g/mol. The van der Waals surface area contributed by atoms with Crippen LogP contribution in [0, 0.1) is 10.8 Å². The number of rotatable bonds is 2. The summed E-state index contributed by atoms with van der Waals surface area (Å²) in [7, 11) is 0. The number of amides is 1. The fourth-order valence-electron chi connectivity index (χ4n) is 1.25. The Hall–Kier alpha value is -1.36. The summed E-state index contributed by atoms with van der Waals surface area (Å²) in [5.41, 5.74) is -0.673. The summed E-state index contributed by atoms with van der Waals surface area (Å²) >= 11 is 3.35. The lowest BCUT2D eigenvalue weighted by molar-refractivity contribution is -0.143. The highest BCUT2D eigenvalue weighted by molar-refractivity contribution is 9.10. The van der Waals surface area contributed by atoms with E-state index < -0.39 is 10.8 Å². The van der Waals surface area contributed by atoms with Crippen molar-refractivity contribution in [1.82, 2.24) is 0 Å². The number of benzene rings is 1. The van der Waals surface area contributed by atoms with Crippen LogP contribution in [0.15, 0.2) is 22.7 Å². The van der Waals surface area contributed by atoms with Crippen molar-refractivity contribution >= 4 is 33.5 Å². The topological polar surface area (TPSA) is 55.4 Å². The first kappa shape index (κ1) is 17.7. The predicted molar refractivity (Wildman–Crippen MR) is 87.3 cm³/mol. The molecule has 0 heterocycles. The van der Waals surface area contributed by atoms with Crippen molar-refractivity contribution < 1.29 is 14.3 Å². The molecule has 0 saturated carbocycles. The minimum Gasteiger partial charge on any atom is -0.424 e. The average Bonchev–Trinajstić information content (AvgIpc) is 2.29. The van der Waals surface area contributed by atoms with Crippen molar-refractivity contribution in [2.45, 2.75) is 41.5 Å². The van der Waals surface area contributed by atoms with Crippen molar-refractivity contribution in [1.29, 1.82) is 0 Å². The summed E-state index contributed by atoms with van der Waals surface area (Å²) in [5.74, 6) is -0.152. The molecule has 0 spiro atoms. The van der Waals surface area contributed by atoms with Crippen molar-refractivity contribution in [3.8, 4) is 5.75 Å². The zero-order chi connectivity index (χ0) is 16.4. The second-order valence-corrected chi connectivity index (χ2v) is 7.90. The van der Waals surface area contributed by atoms with Gasteiger partial charge >= 0.3 is 5.97 Å². The molecule has 0 unspecified atom stereocenters. The summed E-state index contributed by atoms with van der Waals surface area (Å²) in [6.07, 6.45) is 0. The Balaban J connectivity index is 3.06. The van der Waals surface area contributed by atoms with E-state index >= 15 is 0 Å². The SMILES string of the molecule is CC(C)(C)C(=O)Nc1cc(Br)ccc1OC(=O)C(C)(C)C. The molecule has 0 aliphatic heterocycles. The molecule has 0 saturated heterocycles.